The van der Waals surface area contributed by atoms with Gasteiger partial charge in [0.15, 0.2) is 0 Å². The molecule has 0 aliphatic carbocycles. The zero-order valence-electron chi connectivity index (χ0n) is 16.5. The van der Waals surface area contributed by atoms with E-state index in [1.54, 1.807) is 7.11 Å². The molecule has 26 heavy (non-hydrogen) atoms. The molecule has 0 radical (unpaired) electrons. The third kappa shape index (κ3) is 5.43. The van der Waals surface area contributed by atoms with Crippen molar-refractivity contribution < 1.29 is 19.1 Å². The van der Waals surface area contributed by atoms with Crippen LogP contribution in [-0.4, -0.2) is 85.4 Å². The number of nitrogens with zero attached hydrogens (tertiary/aromatic N) is 3. The molecule has 7 nitrogen and oxygen atoms in total. The van der Waals surface area contributed by atoms with Gasteiger partial charge < -0.3 is 19.4 Å². The molecule has 0 atom stereocenters. The molecule has 2 aliphatic heterocycles. The molecule has 3 amide bonds. The molecule has 0 saturated carbocycles. The predicted octanol–water partition coefficient (Wildman–Crippen LogP) is 1.12. The highest BCUT2D eigenvalue weighted by Crippen LogP contribution is 2.20. The number of rotatable bonds is 6. The first-order valence-electron chi connectivity index (χ1n) is 9.69. The smallest absolute Gasteiger partial charge is 0.230 e. The van der Waals surface area contributed by atoms with Crippen molar-refractivity contribution in [1.29, 1.82) is 0 Å². The number of hydrogen-bond donors (Lipinski definition) is 0. The van der Waals surface area contributed by atoms with E-state index in [0.29, 0.717) is 52.2 Å². The van der Waals surface area contributed by atoms with E-state index in [1.165, 1.54) is 0 Å². The topological polar surface area (TPSA) is 70.2 Å². The second-order valence-electron chi connectivity index (χ2n) is 7.93. The van der Waals surface area contributed by atoms with Crippen molar-refractivity contribution in [2.75, 3.05) is 53.0 Å². The van der Waals surface area contributed by atoms with Gasteiger partial charge >= 0.3 is 0 Å². The van der Waals surface area contributed by atoms with Crippen molar-refractivity contribution in [2.24, 2.45) is 5.41 Å². The Balaban J connectivity index is 1.82. The van der Waals surface area contributed by atoms with Crippen LogP contribution in [0.25, 0.3) is 0 Å². The van der Waals surface area contributed by atoms with Crippen LogP contribution in [0.3, 0.4) is 0 Å². The second-order valence-corrected chi connectivity index (χ2v) is 7.93. The highest BCUT2D eigenvalue weighted by atomic mass is 16.5. The third-order valence-electron chi connectivity index (χ3n) is 5.24. The van der Waals surface area contributed by atoms with Gasteiger partial charge in [-0.2, -0.15) is 0 Å². The Morgan fingerprint density at radius 1 is 1.00 bits per heavy atom. The Kier molecular flexibility index (Phi) is 7.43. The molecule has 2 fully saturated rings. The lowest BCUT2D eigenvalue weighted by Gasteiger charge is -2.31. The van der Waals surface area contributed by atoms with Crippen molar-refractivity contribution in [1.82, 2.24) is 14.7 Å². The summed E-state index contributed by atoms with van der Waals surface area (Å²) < 4.78 is 5.16. The number of carbonyl (C=O) groups excluding carboxylic acids is 3. The van der Waals surface area contributed by atoms with Gasteiger partial charge in [0, 0.05) is 59.2 Å². The van der Waals surface area contributed by atoms with E-state index in [2.05, 4.69) is 0 Å². The summed E-state index contributed by atoms with van der Waals surface area (Å²) in [5.74, 6) is 0.318. The second kappa shape index (κ2) is 9.35. The Hall–Kier alpha value is -1.63. The molecule has 0 aromatic heterocycles. The molecule has 2 rings (SSSR count). The summed E-state index contributed by atoms with van der Waals surface area (Å²) in [5.41, 5.74) is -0.553. The van der Waals surface area contributed by atoms with E-state index < -0.39 is 5.41 Å². The first-order chi connectivity index (χ1) is 12.3. The summed E-state index contributed by atoms with van der Waals surface area (Å²) in [6.45, 7) is 7.89. The molecular formula is C19H33N3O4. The van der Waals surface area contributed by atoms with Crippen molar-refractivity contribution in [3.8, 4) is 0 Å². The number of amides is 3. The van der Waals surface area contributed by atoms with Gasteiger partial charge in [-0.05, 0) is 33.1 Å². The Morgan fingerprint density at radius 2 is 1.69 bits per heavy atom. The van der Waals surface area contributed by atoms with Gasteiger partial charge in [0.25, 0.3) is 0 Å². The normalized spacial score (nSPS) is 19.5. The molecular weight excluding hydrogens is 334 g/mol. The van der Waals surface area contributed by atoms with Crippen LogP contribution in [0, 0.1) is 5.41 Å². The van der Waals surface area contributed by atoms with E-state index in [4.69, 9.17) is 4.74 Å². The summed E-state index contributed by atoms with van der Waals surface area (Å²) in [6, 6.07) is 0. The quantitative estimate of drug-likeness (QED) is 0.705. The minimum Gasteiger partial charge on any atom is -0.384 e. The van der Waals surface area contributed by atoms with Crippen LogP contribution in [0.4, 0.5) is 0 Å². The Bertz CT molecular complexity index is 521. The van der Waals surface area contributed by atoms with E-state index in [9.17, 15) is 14.4 Å². The number of carbonyl (C=O) groups is 3. The zero-order valence-corrected chi connectivity index (χ0v) is 16.5. The number of piperidine rings is 1. The van der Waals surface area contributed by atoms with E-state index in [-0.39, 0.29) is 17.7 Å². The average molecular weight is 367 g/mol. The molecule has 0 aromatic carbocycles. The van der Waals surface area contributed by atoms with Gasteiger partial charge in [0.1, 0.15) is 0 Å². The van der Waals surface area contributed by atoms with Crippen molar-refractivity contribution >= 4 is 17.7 Å². The minimum atomic E-state index is -0.553. The molecule has 0 aromatic rings. The largest absolute Gasteiger partial charge is 0.384 e. The predicted molar refractivity (Wildman–Crippen MR) is 98.5 cm³/mol. The summed E-state index contributed by atoms with van der Waals surface area (Å²) in [7, 11) is 1.60. The van der Waals surface area contributed by atoms with E-state index in [1.807, 2.05) is 28.5 Å². The fraction of sp³-hybridized carbons (Fsp3) is 0.842. The van der Waals surface area contributed by atoms with E-state index >= 15 is 0 Å². The van der Waals surface area contributed by atoms with Gasteiger partial charge in [-0.1, -0.05) is 0 Å². The molecule has 0 N–H and O–H groups in total. The molecule has 7 heteroatoms. The van der Waals surface area contributed by atoms with Crippen LogP contribution in [0.1, 0.15) is 46.0 Å². The SMILES string of the molecule is COCC(C)(C)C(=O)N1CCCN(C(=O)CCN2CCCCC2=O)CC1. The van der Waals surface area contributed by atoms with Crippen LogP contribution < -0.4 is 0 Å². The molecule has 0 spiro atoms. The number of methoxy groups -OCH3 is 1. The summed E-state index contributed by atoms with van der Waals surface area (Å²) in [5, 5.41) is 0. The zero-order chi connectivity index (χ0) is 19.2. The van der Waals surface area contributed by atoms with Crippen LogP contribution in [0.15, 0.2) is 0 Å². The third-order valence-corrected chi connectivity index (χ3v) is 5.24. The van der Waals surface area contributed by atoms with Crippen molar-refractivity contribution in [2.45, 2.75) is 46.0 Å². The van der Waals surface area contributed by atoms with Gasteiger partial charge in [-0.3, -0.25) is 14.4 Å². The van der Waals surface area contributed by atoms with Gasteiger partial charge in [-0.15, -0.1) is 0 Å². The first kappa shape index (κ1) is 20.7. The molecule has 148 valence electrons. The maximum Gasteiger partial charge on any atom is 0.230 e. The van der Waals surface area contributed by atoms with Crippen molar-refractivity contribution in [3.05, 3.63) is 0 Å². The standard InChI is InChI=1S/C19H33N3O4/c1-19(2,15-26-3)18(25)22-11-6-10-21(13-14-22)17(24)8-12-20-9-5-4-7-16(20)23/h4-15H2,1-3H3. The first-order valence-corrected chi connectivity index (χ1v) is 9.69. The summed E-state index contributed by atoms with van der Waals surface area (Å²) in [4.78, 5) is 42.6. The van der Waals surface area contributed by atoms with Crippen LogP contribution in [0.5, 0.6) is 0 Å². The maximum absolute atomic E-state index is 12.7. The van der Waals surface area contributed by atoms with E-state index in [0.717, 1.165) is 25.8 Å². The fourth-order valence-corrected chi connectivity index (χ4v) is 3.71. The highest BCUT2D eigenvalue weighted by molar-refractivity contribution is 5.82. The molecule has 2 heterocycles. The van der Waals surface area contributed by atoms with Crippen molar-refractivity contribution in [3.63, 3.8) is 0 Å². The minimum absolute atomic E-state index is 0.0764. The molecule has 0 unspecified atom stereocenters. The Labute approximate surface area is 156 Å². The average Bonchev–Trinajstić information content (AvgIpc) is 2.86. The van der Waals surface area contributed by atoms with Crippen LogP contribution in [0.2, 0.25) is 0 Å². The lowest BCUT2D eigenvalue weighted by molar-refractivity contribution is -0.143. The lowest BCUT2D eigenvalue weighted by atomic mass is 9.92. The van der Waals surface area contributed by atoms with Crippen LogP contribution >= 0.6 is 0 Å². The lowest BCUT2D eigenvalue weighted by Crippen LogP contribution is -2.45. The Morgan fingerprint density at radius 3 is 2.38 bits per heavy atom. The van der Waals surface area contributed by atoms with Gasteiger partial charge in [0.05, 0.1) is 12.0 Å². The van der Waals surface area contributed by atoms with Gasteiger partial charge in [0.2, 0.25) is 17.7 Å². The summed E-state index contributed by atoms with van der Waals surface area (Å²) >= 11 is 0. The molecule has 0 bridgehead atoms. The molecule has 2 aliphatic rings. The maximum atomic E-state index is 12.7. The van der Waals surface area contributed by atoms with Gasteiger partial charge in [-0.25, -0.2) is 0 Å². The van der Waals surface area contributed by atoms with Crippen LogP contribution in [-0.2, 0) is 19.1 Å². The monoisotopic (exact) mass is 367 g/mol. The number of hydrogen-bond acceptors (Lipinski definition) is 4. The molecule has 2 saturated heterocycles. The fourth-order valence-electron chi connectivity index (χ4n) is 3.71. The number of likely N-dealkylation sites (tertiary alicyclic amines) is 1. The summed E-state index contributed by atoms with van der Waals surface area (Å²) in [6.07, 6.45) is 3.74. The highest BCUT2D eigenvalue weighted by Gasteiger charge is 2.33. The number of ether oxygens (including phenoxy) is 1.